The molecule has 1 saturated carbocycles. The summed E-state index contributed by atoms with van der Waals surface area (Å²) in [6, 6.07) is 0. The zero-order valence-electron chi connectivity index (χ0n) is 7.33. The SMILES string of the molecule is CC(C)C1CC[C@H](O)[C@H](O)C1. The summed E-state index contributed by atoms with van der Waals surface area (Å²) in [6.07, 6.45) is 1.67. The maximum atomic E-state index is 9.35. The molecule has 0 spiro atoms. The van der Waals surface area contributed by atoms with Gasteiger partial charge in [-0.2, -0.15) is 0 Å². The maximum absolute atomic E-state index is 9.35. The van der Waals surface area contributed by atoms with E-state index in [0.29, 0.717) is 11.8 Å². The fraction of sp³-hybridized carbons (Fsp3) is 1.00. The Morgan fingerprint density at radius 3 is 2.18 bits per heavy atom. The van der Waals surface area contributed by atoms with E-state index in [1.165, 1.54) is 0 Å². The molecule has 0 bridgehead atoms. The lowest BCUT2D eigenvalue weighted by Crippen LogP contribution is -2.35. The topological polar surface area (TPSA) is 40.5 Å². The summed E-state index contributed by atoms with van der Waals surface area (Å²) in [6.45, 7) is 4.35. The van der Waals surface area contributed by atoms with Crippen molar-refractivity contribution in [3.63, 3.8) is 0 Å². The number of aliphatic hydroxyl groups is 2. The van der Waals surface area contributed by atoms with Gasteiger partial charge in [0.2, 0.25) is 0 Å². The Kier molecular flexibility index (Phi) is 2.90. The molecule has 11 heavy (non-hydrogen) atoms. The highest BCUT2D eigenvalue weighted by atomic mass is 16.3. The lowest BCUT2D eigenvalue weighted by atomic mass is 9.79. The van der Waals surface area contributed by atoms with Crippen molar-refractivity contribution >= 4 is 0 Å². The number of rotatable bonds is 1. The molecular formula is C9H18O2. The van der Waals surface area contributed by atoms with Crippen molar-refractivity contribution in [2.75, 3.05) is 0 Å². The summed E-state index contributed by atoms with van der Waals surface area (Å²) in [5.41, 5.74) is 0. The van der Waals surface area contributed by atoms with Gasteiger partial charge in [-0.1, -0.05) is 13.8 Å². The molecule has 0 radical (unpaired) electrons. The molecule has 0 aromatic carbocycles. The number of aliphatic hydroxyl groups excluding tert-OH is 2. The molecule has 2 nitrogen and oxygen atoms in total. The van der Waals surface area contributed by atoms with E-state index in [4.69, 9.17) is 0 Å². The molecule has 0 saturated heterocycles. The van der Waals surface area contributed by atoms with Gasteiger partial charge >= 0.3 is 0 Å². The molecule has 2 heteroatoms. The van der Waals surface area contributed by atoms with Crippen molar-refractivity contribution in [1.29, 1.82) is 0 Å². The Labute approximate surface area is 68.2 Å². The van der Waals surface area contributed by atoms with Crippen LogP contribution >= 0.6 is 0 Å². The van der Waals surface area contributed by atoms with E-state index in [2.05, 4.69) is 13.8 Å². The average molecular weight is 158 g/mol. The van der Waals surface area contributed by atoms with Gasteiger partial charge in [0, 0.05) is 0 Å². The highest BCUT2D eigenvalue weighted by molar-refractivity contribution is 4.80. The van der Waals surface area contributed by atoms with Crippen LogP contribution in [0.25, 0.3) is 0 Å². The van der Waals surface area contributed by atoms with Crippen molar-refractivity contribution < 1.29 is 10.2 Å². The lowest BCUT2D eigenvalue weighted by Gasteiger charge is -2.32. The first-order valence-electron chi connectivity index (χ1n) is 4.47. The largest absolute Gasteiger partial charge is 0.390 e. The Morgan fingerprint density at radius 2 is 1.73 bits per heavy atom. The van der Waals surface area contributed by atoms with Gasteiger partial charge < -0.3 is 10.2 Å². The first-order chi connectivity index (χ1) is 5.11. The fourth-order valence-electron chi connectivity index (χ4n) is 1.77. The van der Waals surface area contributed by atoms with E-state index < -0.39 is 12.2 Å². The van der Waals surface area contributed by atoms with Gasteiger partial charge in [-0.25, -0.2) is 0 Å². The second kappa shape index (κ2) is 3.55. The van der Waals surface area contributed by atoms with Crippen molar-refractivity contribution in [1.82, 2.24) is 0 Å². The number of hydrogen-bond acceptors (Lipinski definition) is 2. The zero-order valence-corrected chi connectivity index (χ0v) is 7.33. The van der Waals surface area contributed by atoms with E-state index in [1.54, 1.807) is 0 Å². The highest BCUT2D eigenvalue weighted by Gasteiger charge is 2.28. The summed E-state index contributed by atoms with van der Waals surface area (Å²) in [5, 5.41) is 18.6. The molecule has 0 aromatic rings. The first kappa shape index (κ1) is 9.01. The molecule has 1 unspecified atom stereocenters. The second-order valence-corrected chi connectivity index (χ2v) is 3.95. The molecule has 0 aliphatic heterocycles. The summed E-state index contributed by atoms with van der Waals surface area (Å²) in [7, 11) is 0. The molecule has 1 aliphatic rings. The van der Waals surface area contributed by atoms with Crippen molar-refractivity contribution in [3.8, 4) is 0 Å². The molecular weight excluding hydrogens is 140 g/mol. The van der Waals surface area contributed by atoms with Gasteiger partial charge in [-0.15, -0.1) is 0 Å². The van der Waals surface area contributed by atoms with Crippen LogP contribution in [0.3, 0.4) is 0 Å². The van der Waals surface area contributed by atoms with Gasteiger partial charge in [0.1, 0.15) is 0 Å². The third-order valence-electron chi connectivity index (χ3n) is 2.76. The smallest absolute Gasteiger partial charge is 0.0801 e. The van der Waals surface area contributed by atoms with Crippen molar-refractivity contribution in [3.05, 3.63) is 0 Å². The first-order valence-corrected chi connectivity index (χ1v) is 4.47. The minimum Gasteiger partial charge on any atom is -0.390 e. The van der Waals surface area contributed by atoms with Gasteiger partial charge in [0.25, 0.3) is 0 Å². The van der Waals surface area contributed by atoms with Gasteiger partial charge in [0.05, 0.1) is 12.2 Å². The molecule has 1 fully saturated rings. The molecule has 66 valence electrons. The molecule has 0 heterocycles. The Bertz CT molecular complexity index is 123. The molecule has 1 aliphatic carbocycles. The van der Waals surface area contributed by atoms with Gasteiger partial charge in [0.15, 0.2) is 0 Å². The molecule has 0 amide bonds. The molecule has 2 N–H and O–H groups in total. The van der Waals surface area contributed by atoms with E-state index in [-0.39, 0.29) is 0 Å². The lowest BCUT2D eigenvalue weighted by molar-refractivity contribution is -0.0321. The fourth-order valence-corrected chi connectivity index (χ4v) is 1.77. The normalized spacial score (nSPS) is 39.5. The third kappa shape index (κ3) is 2.17. The minimum absolute atomic E-state index is 0.468. The maximum Gasteiger partial charge on any atom is 0.0801 e. The van der Waals surface area contributed by atoms with E-state index in [9.17, 15) is 10.2 Å². The van der Waals surface area contributed by atoms with Crippen LogP contribution in [-0.4, -0.2) is 22.4 Å². The zero-order chi connectivity index (χ0) is 8.43. The third-order valence-corrected chi connectivity index (χ3v) is 2.76. The van der Waals surface area contributed by atoms with Crippen molar-refractivity contribution in [2.45, 2.75) is 45.3 Å². The van der Waals surface area contributed by atoms with E-state index >= 15 is 0 Å². The van der Waals surface area contributed by atoms with Crippen LogP contribution in [-0.2, 0) is 0 Å². The Balaban J connectivity index is 2.40. The summed E-state index contributed by atoms with van der Waals surface area (Å²) >= 11 is 0. The molecule has 1 rings (SSSR count). The van der Waals surface area contributed by atoms with E-state index in [0.717, 1.165) is 19.3 Å². The Morgan fingerprint density at radius 1 is 1.09 bits per heavy atom. The van der Waals surface area contributed by atoms with Crippen LogP contribution in [0.1, 0.15) is 33.1 Å². The molecule has 0 aromatic heterocycles. The van der Waals surface area contributed by atoms with Crippen LogP contribution in [0.15, 0.2) is 0 Å². The standard InChI is InChI=1S/C9H18O2/c1-6(2)7-3-4-8(10)9(11)5-7/h6-11H,3-5H2,1-2H3/t7?,8-,9+/m0/s1. The summed E-state index contributed by atoms with van der Waals surface area (Å²) in [5.74, 6) is 1.24. The van der Waals surface area contributed by atoms with Gasteiger partial charge in [-0.05, 0) is 31.1 Å². The average Bonchev–Trinajstić information content (AvgIpc) is 1.94. The Hall–Kier alpha value is -0.0800. The second-order valence-electron chi connectivity index (χ2n) is 3.95. The summed E-state index contributed by atoms with van der Waals surface area (Å²) in [4.78, 5) is 0. The van der Waals surface area contributed by atoms with E-state index in [1.807, 2.05) is 0 Å². The summed E-state index contributed by atoms with van der Waals surface area (Å²) < 4.78 is 0. The highest BCUT2D eigenvalue weighted by Crippen LogP contribution is 2.29. The van der Waals surface area contributed by atoms with Crippen LogP contribution in [0.2, 0.25) is 0 Å². The van der Waals surface area contributed by atoms with Crippen LogP contribution in [0, 0.1) is 11.8 Å². The predicted octanol–water partition coefficient (Wildman–Crippen LogP) is 1.16. The van der Waals surface area contributed by atoms with Crippen LogP contribution in [0.4, 0.5) is 0 Å². The van der Waals surface area contributed by atoms with Gasteiger partial charge in [-0.3, -0.25) is 0 Å². The van der Waals surface area contributed by atoms with Crippen LogP contribution in [0.5, 0.6) is 0 Å². The van der Waals surface area contributed by atoms with Crippen molar-refractivity contribution in [2.24, 2.45) is 11.8 Å². The monoisotopic (exact) mass is 158 g/mol. The minimum atomic E-state index is -0.476. The number of hydrogen-bond donors (Lipinski definition) is 2. The quantitative estimate of drug-likeness (QED) is 0.601. The molecule has 3 atom stereocenters. The van der Waals surface area contributed by atoms with Crippen LogP contribution < -0.4 is 0 Å². The predicted molar refractivity (Wildman–Crippen MR) is 44.2 cm³/mol.